The highest BCUT2D eigenvalue weighted by atomic mass is 15.1. The molecule has 0 unspecified atom stereocenters. The van der Waals surface area contributed by atoms with Gasteiger partial charge in [-0.3, -0.25) is 4.99 Å². The summed E-state index contributed by atoms with van der Waals surface area (Å²) in [6, 6.07) is 0. The lowest BCUT2D eigenvalue weighted by Crippen LogP contribution is -2.39. The molecule has 0 saturated carbocycles. The Kier molecular flexibility index (Phi) is 5.16. The summed E-state index contributed by atoms with van der Waals surface area (Å²) < 4.78 is 0. The van der Waals surface area contributed by atoms with Crippen molar-refractivity contribution >= 4 is 5.71 Å². The van der Waals surface area contributed by atoms with E-state index in [4.69, 9.17) is 4.99 Å². The second-order valence-corrected chi connectivity index (χ2v) is 4.70. The average molecular weight is 236 g/mol. The molecule has 0 radical (unpaired) electrons. The van der Waals surface area contributed by atoms with Crippen molar-refractivity contribution < 1.29 is 0 Å². The maximum atomic E-state index is 4.69. The Morgan fingerprint density at radius 3 is 2.76 bits per heavy atom. The van der Waals surface area contributed by atoms with Gasteiger partial charge >= 0.3 is 0 Å². The normalized spacial score (nSPS) is 24.3. The summed E-state index contributed by atoms with van der Waals surface area (Å²) in [4.78, 5) is 7.17. The Bertz CT molecular complexity index is 296. The molecule has 0 fully saturated rings. The molecule has 2 aliphatic heterocycles. The largest absolute Gasteiger partial charge is 0.310 e. The van der Waals surface area contributed by atoms with Gasteiger partial charge in [0.25, 0.3) is 0 Å². The molecule has 2 rings (SSSR count). The fourth-order valence-electron chi connectivity index (χ4n) is 2.30. The molecule has 2 heterocycles. The number of aliphatic imine (C=N–C) groups is 1. The molecular formula is C13H24N4. The lowest BCUT2D eigenvalue weighted by atomic mass is 10.1. The predicted molar refractivity (Wildman–Crippen MR) is 72.6 cm³/mol. The third-order valence-electron chi connectivity index (χ3n) is 3.41. The molecule has 2 aliphatic rings. The zero-order chi connectivity index (χ0) is 11.9. The molecule has 0 aromatic carbocycles. The maximum absolute atomic E-state index is 4.69. The number of likely N-dealkylation sites (N-methyl/N-ethyl adjacent to an activating group) is 1. The molecule has 0 aromatic rings. The van der Waals surface area contributed by atoms with Crippen LogP contribution in [0, 0.1) is 0 Å². The van der Waals surface area contributed by atoms with Gasteiger partial charge in [-0.2, -0.15) is 0 Å². The summed E-state index contributed by atoms with van der Waals surface area (Å²) in [5.74, 6) is 0. The van der Waals surface area contributed by atoms with E-state index in [9.17, 15) is 0 Å². The fraction of sp³-hybridized carbons (Fsp3) is 0.769. The van der Waals surface area contributed by atoms with Gasteiger partial charge in [0.05, 0.1) is 5.70 Å². The summed E-state index contributed by atoms with van der Waals surface area (Å²) in [7, 11) is 0. The van der Waals surface area contributed by atoms with Crippen molar-refractivity contribution in [2.45, 2.75) is 19.8 Å². The van der Waals surface area contributed by atoms with Gasteiger partial charge < -0.3 is 15.5 Å². The minimum atomic E-state index is 0.918. The van der Waals surface area contributed by atoms with Crippen molar-refractivity contribution in [3.63, 3.8) is 0 Å². The molecule has 0 aromatic heterocycles. The van der Waals surface area contributed by atoms with Crippen molar-refractivity contribution in [2.75, 3.05) is 45.8 Å². The van der Waals surface area contributed by atoms with Crippen LogP contribution in [0.2, 0.25) is 0 Å². The number of nitrogens with zero attached hydrogens (tertiary/aromatic N) is 2. The number of nitrogens with one attached hydrogen (secondary N) is 2. The average Bonchev–Trinajstić information content (AvgIpc) is 2.36. The molecule has 0 aliphatic carbocycles. The maximum Gasteiger partial charge on any atom is 0.0502 e. The van der Waals surface area contributed by atoms with E-state index in [0.717, 1.165) is 58.7 Å². The molecule has 0 saturated heterocycles. The first kappa shape index (κ1) is 12.7. The third kappa shape index (κ3) is 4.22. The zero-order valence-corrected chi connectivity index (χ0v) is 10.8. The molecule has 4 heteroatoms. The van der Waals surface area contributed by atoms with Gasteiger partial charge in [-0.25, -0.2) is 0 Å². The number of allylic oxidation sites excluding steroid dienone is 1. The van der Waals surface area contributed by atoms with Crippen molar-refractivity contribution in [2.24, 2.45) is 4.99 Å². The van der Waals surface area contributed by atoms with Crippen molar-refractivity contribution in [3.8, 4) is 0 Å². The van der Waals surface area contributed by atoms with Crippen LogP contribution in [-0.2, 0) is 0 Å². The van der Waals surface area contributed by atoms with E-state index < -0.39 is 0 Å². The first-order valence-electron chi connectivity index (χ1n) is 6.77. The van der Waals surface area contributed by atoms with Gasteiger partial charge in [-0.1, -0.05) is 13.0 Å². The van der Waals surface area contributed by atoms with E-state index in [1.54, 1.807) is 0 Å². The van der Waals surface area contributed by atoms with Crippen LogP contribution in [-0.4, -0.2) is 56.4 Å². The van der Waals surface area contributed by atoms with Gasteiger partial charge in [0.15, 0.2) is 0 Å². The van der Waals surface area contributed by atoms with Crippen molar-refractivity contribution in [3.05, 3.63) is 11.8 Å². The van der Waals surface area contributed by atoms with E-state index in [0.29, 0.717) is 0 Å². The van der Waals surface area contributed by atoms with Gasteiger partial charge in [0, 0.05) is 45.0 Å². The Morgan fingerprint density at radius 1 is 1.24 bits per heavy atom. The van der Waals surface area contributed by atoms with Crippen molar-refractivity contribution in [1.82, 2.24) is 15.5 Å². The Labute approximate surface area is 104 Å². The highest BCUT2D eigenvalue weighted by molar-refractivity contribution is 5.88. The highest BCUT2D eigenvalue weighted by Gasteiger charge is 2.09. The van der Waals surface area contributed by atoms with Gasteiger partial charge in [-0.05, 0) is 19.4 Å². The molecule has 2 bridgehead atoms. The van der Waals surface area contributed by atoms with Crippen LogP contribution in [0.25, 0.3) is 0 Å². The van der Waals surface area contributed by atoms with Crippen LogP contribution in [0.15, 0.2) is 16.8 Å². The number of hydrogen-bond acceptors (Lipinski definition) is 4. The van der Waals surface area contributed by atoms with Gasteiger partial charge in [0.1, 0.15) is 0 Å². The zero-order valence-electron chi connectivity index (χ0n) is 10.8. The quantitative estimate of drug-likeness (QED) is 0.701. The highest BCUT2D eigenvalue weighted by Crippen LogP contribution is 2.09. The van der Waals surface area contributed by atoms with Crippen LogP contribution in [0.4, 0.5) is 0 Å². The molecule has 0 spiro atoms. The Hall–Kier alpha value is -0.710. The lowest BCUT2D eigenvalue weighted by Gasteiger charge is -2.22. The second kappa shape index (κ2) is 6.89. The van der Waals surface area contributed by atoms with Crippen LogP contribution < -0.4 is 10.6 Å². The first-order chi connectivity index (χ1) is 8.38. The third-order valence-corrected chi connectivity index (χ3v) is 3.41. The van der Waals surface area contributed by atoms with E-state index in [-0.39, 0.29) is 0 Å². The lowest BCUT2D eigenvalue weighted by molar-refractivity contribution is 0.289. The standard InChI is InChI=1S/C13H24N4/c1-2-17-8-6-14-10-12-4-3-5-13(16-12)11-15-7-9-17/h4,14-15H,2-3,5-11H2,1H3. The van der Waals surface area contributed by atoms with E-state index >= 15 is 0 Å². The summed E-state index contributed by atoms with van der Waals surface area (Å²) in [5, 5.41) is 6.99. The van der Waals surface area contributed by atoms with Crippen LogP contribution in [0.5, 0.6) is 0 Å². The van der Waals surface area contributed by atoms with Gasteiger partial charge in [-0.15, -0.1) is 0 Å². The minimum absolute atomic E-state index is 0.918. The SMILES string of the molecule is CCN1CCNCC2=CCCC(=N2)CNCC1. The Morgan fingerprint density at radius 2 is 2.00 bits per heavy atom. The molecule has 17 heavy (non-hydrogen) atoms. The summed E-state index contributed by atoms with van der Waals surface area (Å²) in [6.07, 6.45) is 4.53. The molecule has 2 N–H and O–H groups in total. The summed E-state index contributed by atoms with van der Waals surface area (Å²) in [5.41, 5.74) is 2.53. The van der Waals surface area contributed by atoms with Crippen LogP contribution in [0.1, 0.15) is 19.8 Å². The minimum Gasteiger partial charge on any atom is -0.310 e. The Balaban J connectivity index is 1.92. The summed E-state index contributed by atoms with van der Waals surface area (Å²) in [6.45, 7) is 9.61. The molecule has 96 valence electrons. The molecule has 4 nitrogen and oxygen atoms in total. The molecule has 0 amide bonds. The molecular weight excluding hydrogens is 212 g/mol. The number of rotatable bonds is 1. The fourth-order valence-corrected chi connectivity index (χ4v) is 2.30. The van der Waals surface area contributed by atoms with Crippen LogP contribution >= 0.6 is 0 Å². The van der Waals surface area contributed by atoms with Gasteiger partial charge in [0.2, 0.25) is 0 Å². The van der Waals surface area contributed by atoms with E-state index in [2.05, 4.69) is 28.5 Å². The predicted octanol–water partition coefficient (Wildman–Crippen LogP) is 0.620. The van der Waals surface area contributed by atoms with E-state index in [1.165, 1.54) is 11.4 Å². The van der Waals surface area contributed by atoms with E-state index in [1.807, 2.05) is 0 Å². The summed E-state index contributed by atoms with van der Waals surface area (Å²) >= 11 is 0. The number of fused-ring (bicyclic) bond motifs is 1. The second-order valence-electron chi connectivity index (χ2n) is 4.70. The number of hydrogen-bond donors (Lipinski definition) is 2. The first-order valence-corrected chi connectivity index (χ1v) is 6.77. The smallest absolute Gasteiger partial charge is 0.0502 e. The molecule has 0 atom stereocenters. The van der Waals surface area contributed by atoms with Crippen LogP contribution in [0.3, 0.4) is 0 Å². The monoisotopic (exact) mass is 236 g/mol. The van der Waals surface area contributed by atoms with Crippen molar-refractivity contribution in [1.29, 1.82) is 0 Å². The topological polar surface area (TPSA) is 39.7 Å².